The van der Waals surface area contributed by atoms with E-state index < -0.39 is 5.91 Å². The number of carbonyl (C=O) groups is 1. The van der Waals surface area contributed by atoms with Crippen LogP contribution in [0, 0.1) is 0 Å². The third-order valence-electron chi connectivity index (χ3n) is 3.48. The lowest BCUT2D eigenvalue weighted by Crippen LogP contribution is -2.24. The van der Waals surface area contributed by atoms with Crippen LogP contribution in [0.5, 0.6) is 5.75 Å². The summed E-state index contributed by atoms with van der Waals surface area (Å²) >= 11 is 0. The first-order chi connectivity index (χ1) is 11.7. The van der Waals surface area contributed by atoms with Crippen molar-refractivity contribution in [2.75, 3.05) is 5.32 Å². The number of aromatic nitrogens is 2. The Labute approximate surface area is 138 Å². The van der Waals surface area contributed by atoms with Crippen LogP contribution in [0.2, 0.25) is 0 Å². The Bertz CT molecular complexity index is 894. The fourth-order valence-electron chi connectivity index (χ4n) is 2.35. The highest BCUT2D eigenvalue weighted by atomic mass is 16.3. The van der Waals surface area contributed by atoms with Gasteiger partial charge in [-0.1, -0.05) is 36.9 Å². The number of nitrogens with one attached hydrogen (secondary N) is 2. The van der Waals surface area contributed by atoms with Crippen LogP contribution in [-0.2, 0) is 6.54 Å². The molecule has 0 spiro atoms. The maximum Gasteiger partial charge on any atom is 0.274 e. The van der Waals surface area contributed by atoms with Gasteiger partial charge < -0.3 is 15.7 Å². The monoisotopic (exact) mass is 320 g/mol. The molecule has 2 heterocycles. The van der Waals surface area contributed by atoms with E-state index >= 15 is 0 Å². The van der Waals surface area contributed by atoms with Crippen LogP contribution >= 0.6 is 0 Å². The summed E-state index contributed by atoms with van der Waals surface area (Å²) in [5.41, 5.74) is 1.18. The van der Waals surface area contributed by atoms with E-state index in [9.17, 15) is 9.90 Å². The maximum atomic E-state index is 12.4. The van der Waals surface area contributed by atoms with Crippen molar-refractivity contribution >= 4 is 22.6 Å². The highest BCUT2D eigenvalue weighted by molar-refractivity contribution is 6.03. The molecule has 1 amide bonds. The molecule has 24 heavy (non-hydrogen) atoms. The Kier molecular flexibility index (Phi) is 4.38. The Morgan fingerprint density at radius 3 is 2.75 bits per heavy atom. The van der Waals surface area contributed by atoms with E-state index in [1.807, 2.05) is 30.3 Å². The molecular weight excluding hydrogens is 304 g/mol. The summed E-state index contributed by atoms with van der Waals surface area (Å²) in [5.74, 6) is -0.308. The number of carbonyl (C=O) groups excluding carboxylic acids is 1. The van der Waals surface area contributed by atoms with E-state index in [4.69, 9.17) is 0 Å². The van der Waals surface area contributed by atoms with Crippen LogP contribution < -0.4 is 10.6 Å². The van der Waals surface area contributed by atoms with Crippen molar-refractivity contribution < 1.29 is 9.90 Å². The number of pyridine rings is 2. The first-order valence-electron chi connectivity index (χ1n) is 7.38. The van der Waals surface area contributed by atoms with Gasteiger partial charge in [-0.2, -0.15) is 0 Å². The highest BCUT2D eigenvalue weighted by Crippen LogP contribution is 2.30. The predicted octanol–water partition coefficient (Wildman–Crippen LogP) is 2.82. The summed E-state index contributed by atoms with van der Waals surface area (Å²) in [5, 5.41) is 16.6. The first-order valence-corrected chi connectivity index (χ1v) is 7.38. The molecule has 0 atom stereocenters. The number of aromatic hydroxyl groups is 1. The molecule has 0 aliphatic carbocycles. The van der Waals surface area contributed by atoms with Gasteiger partial charge in [0, 0.05) is 18.1 Å². The zero-order valence-electron chi connectivity index (χ0n) is 12.9. The van der Waals surface area contributed by atoms with Crippen LogP contribution in [-0.4, -0.2) is 21.0 Å². The Balaban J connectivity index is 1.94. The van der Waals surface area contributed by atoms with Crippen molar-refractivity contribution in [3.05, 3.63) is 72.7 Å². The molecule has 120 valence electrons. The third-order valence-corrected chi connectivity index (χ3v) is 3.48. The van der Waals surface area contributed by atoms with Gasteiger partial charge in [0.05, 0.1) is 0 Å². The molecule has 3 N–H and O–H groups in total. The zero-order valence-corrected chi connectivity index (χ0v) is 12.9. The highest BCUT2D eigenvalue weighted by Gasteiger charge is 2.19. The van der Waals surface area contributed by atoms with Gasteiger partial charge in [0.25, 0.3) is 5.91 Å². The fourth-order valence-corrected chi connectivity index (χ4v) is 2.35. The lowest BCUT2D eigenvalue weighted by Gasteiger charge is -2.11. The number of rotatable bonds is 5. The van der Waals surface area contributed by atoms with E-state index in [0.29, 0.717) is 23.3 Å². The summed E-state index contributed by atoms with van der Waals surface area (Å²) in [6.07, 6.45) is 3.00. The van der Waals surface area contributed by atoms with E-state index in [1.54, 1.807) is 18.3 Å². The minimum atomic E-state index is -0.476. The summed E-state index contributed by atoms with van der Waals surface area (Å²) in [4.78, 5) is 20.8. The standard InChI is InChI=1S/C18H16N4O2/c1-2-19-17-13-9-6-10-20-14(13)16(23)15(22-17)18(24)21-11-12-7-4-3-5-8-12/h2-10,23H,1,11H2,(H,19,22)(H,21,24). The molecule has 0 saturated heterocycles. The number of benzene rings is 1. The SMILES string of the molecule is C=CNc1nc(C(=O)NCc2ccccc2)c(O)c2ncccc12. The third kappa shape index (κ3) is 3.03. The van der Waals surface area contributed by atoms with Crippen LogP contribution in [0.25, 0.3) is 10.9 Å². The molecule has 2 aromatic heterocycles. The molecule has 0 aliphatic rings. The molecule has 0 unspecified atom stereocenters. The summed E-state index contributed by atoms with van der Waals surface area (Å²) in [6.45, 7) is 3.94. The van der Waals surface area contributed by atoms with Crippen molar-refractivity contribution in [2.45, 2.75) is 6.54 Å². The van der Waals surface area contributed by atoms with E-state index in [1.165, 1.54) is 6.20 Å². The lowest BCUT2D eigenvalue weighted by atomic mass is 10.2. The molecule has 0 fully saturated rings. The van der Waals surface area contributed by atoms with Gasteiger partial charge in [0.2, 0.25) is 0 Å². The van der Waals surface area contributed by atoms with Crippen LogP contribution in [0.1, 0.15) is 16.1 Å². The Morgan fingerprint density at radius 1 is 1.21 bits per heavy atom. The van der Waals surface area contributed by atoms with Crippen LogP contribution in [0.3, 0.4) is 0 Å². The molecule has 1 aromatic carbocycles. The first kappa shape index (κ1) is 15.5. The topological polar surface area (TPSA) is 87.1 Å². The van der Waals surface area contributed by atoms with E-state index in [-0.39, 0.29) is 11.4 Å². The van der Waals surface area contributed by atoms with Crippen LogP contribution in [0.4, 0.5) is 5.82 Å². The molecule has 0 bridgehead atoms. The minimum absolute atomic E-state index is 0.0820. The second-order valence-electron chi connectivity index (χ2n) is 5.07. The molecular formula is C18H16N4O2. The van der Waals surface area contributed by atoms with Crippen molar-refractivity contribution in [1.82, 2.24) is 15.3 Å². The number of fused-ring (bicyclic) bond motifs is 1. The molecule has 6 heteroatoms. The van der Waals surface area contributed by atoms with Gasteiger partial charge >= 0.3 is 0 Å². The average molecular weight is 320 g/mol. The van der Waals surface area contributed by atoms with Crippen molar-refractivity contribution in [2.24, 2.45) is 0 Å². The number of amides is 1. The minimum Gasteiger partial charge on any atom is -0.504 e. The number of nitrogens with zero attached hydrogens (tertiary/aromatic N) is 2. The van der Waals surface area contributed by atoms with Gasteiger partial charge in [-0.25, -0.2) is 4.98 Å². The summed E-state index contributed by atoms with van der Waals surface area (Å²) < 4.78 is 0. The second-order valence-corrected chi connectivity index (χ2v) is 5.07. The molecule has 0 saturated carbocycles. The van der Waals surface area contributed by atoms with Crippen LogP contribution in [0.15, 0.2) is 61.4 Å². The second kappa shape index (κ2) is 6.78. The normalized spacial score (nSPS) is 10.3. The van der Waals surface area contributed by atoms with Gasteiger partial charge in [0.15, 0.2) is 11.4 Å². The van der Waals surface area contributed by atoms with Gasteiger partial charge in [-0.15, -0.1) is 0 Å². The molecule has 0 aliphatic heterocycles. The lowest BCUT2D eigenvalue weighted by molar-refractivity contribution is 0.0943. The summed E-state index contributed by atoms with van der Waals surface area (Å²) in [6, 6.07) is 13.0. The molecule has 0 radical (unpaired) electrons. The van der Waals surface area contributed by atoms with E-state index in [0.717, 1.165) is 5.56 Å². The Hall–Kier alpha value is -3.41. The average Bonchev–Trinajstić information content (AvgIpc) is 2.63. The quantitative estimate of drug-likeness (QED) is 0.673. The zero-order chi connectivity index (χ0) is 16.9. The largest absolute Gasteiger partial charge is 0.504 e. The van der Waals surface area contributed by atoms with Gasteiger partial charge in [-0.3, -0.25) is 9.78 Å². The van der Waals surface area contributed by atoms with Gasteiger partial charge in [-0.05, 0) is 23.9 Å². The number of hydrogen-bond acceptors (Lipinski definition) is 5. The smallest absolute Gasteiger partial charge is 0.274 e. The molecule has 3 aromatic rings. The summed E-state index contributed by atoms with van der Waals surface area (Å²) in [7, 11) is 0. The Morgan fingerprint density at radius 2 is 2.00 bits per heavy atom. The van der Waals surface area contributed by atoms with Gasteiger partial charge in [0.1, 0.15) is 11.3 Å². The predicted molar refractivity (Wildman–Crippen MR) is 92.6 cm³/mol. The maximum absolute atomic E-state index is 12.4. The molecule has 3 rings (SSSR count). The number of anilines is 1. The fraction of sp³-hybridized carbons (Fsp3) is 0.0556. The van der Waals surface area contributed by atoms with Crippen molar-refractivity contribution in [3.63, 3.8) is 0 Å². The molecule has 6 nitrogen and oxygen atoms in total. The van der Waals surface area contributed by atoms with Crippen molar-refractivity contribution in [1.29, 1.82) is 0 Å². The number of hydrogen-bond donors (Lipinski definition) is 3. The van der Waals surface area contributed by atoms with E-state index in [2.05, 4.69) is 27.2 Å². The van der Waals surface area contributed by atoms with Crippen molar-refractivity contribution in [3.8, 4) is 5.75 Å².